The molecule has 3 aromatic rings. The zero-order valence-corrected chi connectivity index (χ0v) is 12.7. The van der Waals surface area contributed by atoms with Gasteiger partial charge in [-0.05, 0) is 33.7 Å². The van der Waals surface area contributed by atoms with Crippen molar-refractivity contribution in [2.45, 2.75) is 13.1 Å². The standard InChI is InChI=1S/C20H20NO/c1-2-4-19-15(3-1)5-6-16-11-17-13-21(7-9-22-10-8-21)14-18(17)12-20(16)19/h1-6,11-12H,7-10,13-14H2/q+1. The van der Waals surface area contributed by atoms with Crippen molar-refractivity contribution in [3.8, 4) is 0 Å². The molecule has 5 rings (SSSR count). The second-order valence-corrected chi connectivity index (χ2v) is 6.85. The number of hydrogen-bond acceptors (Lipinski definition) is 1. The maximum Gasteiger partial charge on any atom is 0.105 e. The van der Waals surface area contributed by atoms with Crippen molar-refractivity contribution >= 4 is 21.5 Å². The van der Waals surface area contributed by atoms with Gasteiger partial charge >= 0.3 is 0 Å². The molecule has 0 radical (unpaired) electrons. The molecule has 2 aliphatic heterocycles. The highest BCUT2D eigenvalue weighted by atomic mass is 16.5. The molecule has 22 heavy (non-hydrogen) atoms. The van der Waals surface area contributed by atoms with E-state index in [2.05, 4.69) is 48.5 Å². The van der Waals surface area contributed by atoms with Gasteiger partial charge in [-0.1, -0.05) is 36.4 Å². The monoisotopic (exact) mass is 290 g/mol. The van der Waals surface area contributed by atoms with Gasteiger partial charge in [-0.2, -0.15) is 0 Å². The highest BCUT2D eigenvalue weighted by Gasteiger charge is 2.37. The van der Waals surface area contributed by atoms with Crippen molar-refractivity contribution in [3.05, 3.63) is 59.7 Å². The van der Waals surface area contributed by atoms with Crippen LogP contribution in [0.2, 0.25) is 0 Å². The van der Waals surface area contributed by atoms with E-state index in [1.165, 1.54) is 39.1 Å². The van der Waals surface area contributed by atoms with E-state index >= 15 is 0 Å². The summed E-state index contributed by atoms with van der Waals surface area (Å²) in [6.45, 7) is 6.50. The molecule has 3 aromatic carbocycles. The van der Waals surface area contributed by atoms with Crippen LogP contribution in [0, 0.1) is 0 Å². The fourth-order valence-corrected chi connectivity index (χ4v) is 4.27. The van der Waals surface area contributed by atoms with Gasteiger partial charge in [0, 0.05) is 11.1 Å². The number of ether oxygens (including phenoxy) is 1. The summed E-state index contributed by atoms with van der Waals surface area (Å²) in [5.74, 6) is 0. The van der Waals surface area contributed by atoms with E-state index in [1.54, 1.807) is 11.1 Å². The van der Waals surface area contributed by atoms with Gasteiger partial charge in [0.25, 0.3) is 0 Å². The van der Waals surface area contributed by atoms with E-state index in [4.69, 9.17) is 4.74 Å². The van der Waals surface area contributed by atoms with Gasteiger partial charge in [0.15, 0.2) is 0 Å². The first-order valence-corrected chi connectivity index (χ1v) is 8.19. The number of rotatable bonds is 0. The Morgan fingerprint density at radius 1 is 0.727 bits per heavy atom. The Morgan fingerprint density at radius 2 is 1.45 bits per heavy atom. The van der Waals surface area contributed by atoms with E-state index < -0.39 is 0 Å². The lowest BCUT2D eigenvalue weighted by Crippen LogP contribution is -2.50. The van der Waals surface area contributed by atoms with E-state index in [9.17, 15) is 0 Å². The predicted octanol–water partition coefficient (Wildman–Crippen LogP) is 3.85. The SMILES string of the molecule is c1ccc2c(c1)ccc1cc3c(cc12)C[N+]1(CCOCC1)C3. The van der Waals surface area contributed by atoms with Gasteiger partial charge in [0.1, 0.15) is 26.2 Å². The van der Waals surface area contributed by atoms with Crippen LogP contribution in [-0.2, 0) is 17.8 Å². The van der Waals surface area contributed by atoms with Crippen molar-refractivity contribution in [2.75, 3.05) is 26.3 Å². The van der Waals surface area contributed by atoms with Crippen LogP contribution >= 0.6 is 0 Å². The van der Waals surface area contributed by atoms with Gasteiger partial charge in [0.2, 0.25) is 0 Å². The zero-order valence-electron chi connectivity index (χ0n) is 12.7. The van der Waals surface area contributed by atoms with Crippen LogP contribution in [0.1, 0.15) is 11.1 Å². The zero-order chi connectivity index (χ0) is 14.6. The summed E-state index contributed by atoms with van der Waals surface area (Å²) in [4.78, 5) is 0. The van der Waals surface area contributed by atoms with E-state index in [-0.39, 0.29) is 0 Å². The van der Waals surface area contributed by atoms with Crippen LogP contribution in [0.4, 0.5) is 0 Å². The molecule has 0 aliphatic carbocycles. The smallest absolute Gasteiger partial charge is 0.105 e. The quantitative estimate of drug-likeness (QED) is 0.451. The first-order valence-electron chi connectivity index (χ1n) is 8.19. The number of morpholine rings is 1. The molecule has 0 N–H and O–H groups in total. The van der Waals surface area contributed by atoms with Crippen LogP contribution in [0.5, 0.6) is 0 Å². The summed E-state index contributed by atoms with van der Waals surface area (Å²) < 4.78 is 6.77. The number of hydrogen-bond donors (Lipinski definition) is 0. The average molecular weight is 290 g/mol. The predicted molar refractivity (Wildman–Crippen MR) is 89.7 cm³/mol. The fraction of sp³-hybridized carbons (Fsp3) is 0.300. The van der Waals surface area contributed by atoms with Crippen LogP contribution in [0.25, 0.3) is 21.5 Å². The Kier molecular flexibility index (Phi) is 2.61. The van der Waals surface area contributed by atoms with Gasteiger partial charge in [-0.15, -0.1) is 0 Å². The third kappa shape index (κ3) is 1.81. The molecule has 0 unspecified atom stereocenters. The maximum atomic E-state index is 5.57. The molecule has 0 saturated carbocycles. The molecule has 2 heterocycles. The summed E-state index contributed by atoms with van der Waals surface area (Å²) in [6, 6.07) is 18.1. The molecule has 0 bridgehead atoms. The third-order valence-corrected chi connectivity index (χ3v) is 5.50. The van der Waals surface area contributed by atoms with Crippen molar-refractivity contribution in [2.24, 2.45) is 0 Å². The molecule has 2 heteroatoms. The van der Waals surface area contributed by atoms with E-state index in [0.29, 0.717) is 0 Å². The van der Waals surface area contributed by atoms with Gasteiger partial charge < -0.3 is 9.22 Å². The lowest BCUT2D eigenvalue weighted by atomic mass is 9.98. The Morgan fingerprint density at radius 3 is 2.32 bits per heavy atom. The fourth-order valence-electron chi connectivity index (χ4n) is 4.27. The molecule has 1 saturated heterocycles. The highest BCUT2D eigenvalue weighted by molar-refractivity contribution is 6.07. The average Bonchev–Trinajstić information content (AvgIpc) is 2.89. The summed E-state index contributed by atoms with van der Waals surface area (Å²) in [5, 5.41) is 5.50. The number of benzene rings is 3. The first-order chi connectivity index (χ1) is 10.8. The molecular formula is C20H20NO+. The Labute approximate surface area is 130 Å². The van der Waals surface area contributed by atoms with Crippen LogP contribution < -0.4 is 0 Å². The first kappa shape index (κ1) is 12.6. The topological polar surface area (TPSA) is 9.23 Å². The minimum absolute atomic E-state index is 0.913. The van der Waals surface area contributed by atoms with Gasteiger partial charge in [-0.3, -0.25) is 0 Å². The maximum absolute atomic E-state index is 5.57. The third-order valence-electron chi connectivity index (χ3n) is 5.50. The van der Waals surface area contributed by atoms with Crippen molar-refractivity contribution < 1.29 is 9.22 Å². The highest BCUT2D eigenvalue weighted by Crippen LogP contribution is 2.36. The summed E-state index contributed by atoms with van der Waals surface area (Å²) >= 11 is 0. The van der Waals surface area contributed by atoms with Crippen molar-refractivity contribution in [1.29, 1.82) is 0 Å². The minimum atomic E-state index is 0.913. The van der Waals surface area contributed by atoms with Crippen molar-refractivity contribution in [1.82, 2.24) is 0 Å². The largest absolute Gasteiger partial charge is 0.370 e. The van der Waals surface area contributed by atoms with E-state index in [1.807, 2.05) is 0 Å². The summed E-state index contributed by atoms with van der Waals surface area (Å²) in [6.07, 6.45) is 0. The molecule has 0 amide bonds. The molecular weight excluding hydrogens is 270 g/mol. The van der Waals surface area contributed by atoms with Gasteiger partial charge in [0.05, 0.1) is 13.2 Å². The number of quaternary nitrogens is 1. The molecule has 0 aromatic heterocycles. The van der Waals surface area contributed by atoms with Crippen LogP contribution in [-0.4, -0.2) is 30.8 Å². The Bertz CT molecular complexity index is 877. The van der Waals surface area contributed by atoms with Crippen LogP contribution in [0.15, 0.2) is 48.5 Å². The summed E-state index contributed by atoms with van der Waals surface area (Å²) in [5.41, 5.74) is 3.09. The van der Waals surface area contributed by atoms with Crippen LogP contribution in [0.3, 0.4) is 0 Å². The summed E-state index contributed by atoms with van der Waals surface area (Å²) in [7, 11) is 0. The molecule has 2 aliphatic rings. The Balaban J connectivity index is 1.69. The van der Waals surface area contributed by atoms with E-state index in [0.717, 1.165) is 26.3 Å². The number of nitrogens with zero attached hydrogens (tertiary/aromatic N) is 1. The minimum Gasteiger partial charge on any atom is -0.370 e. The number of fused-ring (bicyclic) bond motifs is 4. The lowest BCUT2D eigenvalue weighted by Gasteiger charge is -2.37. The van der Waals surface area contributed by atoms with Crippen molar-refractivity contribution in [3.63, 3.8) is 0 Å². The molecule has 1 fully saturated rings. The molecule has 1 spiro atoms. The Hall–Kier alpha value is -1.90. The van der Waals surface area contributed by atoms with Gasteiger partial charge in [-0.25, -0.2) is 0 Å². The second-order valence-electron chi connectivity index (χ2n) is 6.85. The lowest BCUT2D eigenvalue weighted by molar-refractivity contribution is -0.953. The molecule has 110 valence electrons. The second kappa shape index (κ2) is 4.55. The normalized spacial score (nSPS) is 19.8. The molecule has 2 nitrogen and oxygen atoms in total. The molecule has 0 atom stereocenters.